The second-order valence-corrected chi connectivity index (χ2v) is 15.8. The number of rotatable bonds is 7. The molecule has 1 heterocycles. The average Bonchev–Trinajstić information content (AvgIpc) is 2.91. The van der Waals surface area contributed by atoms with E-state index in [1.165, 1.54) is 0 Å². The number of carbonyl (C=O) groups is 1. The normalized spacial score (nSPS) is 33.3. The van der Waals surface area contributed by atoms with E-state index in [4.69, 9.17) is 4.74 Å². The molecule has 0 aromatic carbocycles. The van der Waals surface area contributed by atoms with Gasteiger partial charge in [-0.1, -0.05) is 19.6 Å². The SMILES string of the molecule is C[Si](C)(C)CCOC(=O)NC12CC(n3cc(C4CC(OC(F)(F)F)C4)cn3)(C1)C2. The molecule has 4 fully saturated rings. The predicted octanol–water partition coefficient (Wildman–Crippen LogP) is 4.36. The third-order valence-corrected chi connectivity index (χ3v) is 8.11. The molecule has 4 aliphatic rings. The second-order valence-electron chi connectivity index (χ2n) is 10.2. The van der Waals surface area contributed by atoms with Crippen molar-refractivity contribution < 1.29 is 27.4 Å². The van der Waals surface area contributed by atoms with Gasteiger partial charge < -0.3 is 10.1 Å². The molecule has 0 aliphatic heterocycles. The molecule has 29 heavy (non-hydrogen) atoms. The predicted molar refractivity (Wildman–Crippen MR) is 102 cm³/mol. The number of nitrogens with one attached hydrogen (secondary N) is 1. The Labute approximate surface area is 169 Å². The van der Waals surface area contributed by atoms with Crippen LogP contribution in [-0.2, 0) is 15.0 Å². The molecule has 1 aromatic rings. The Morgan fingerprint density at radius 2 is 1.97 bits per heavy atom. The maximum atomic E-state index is 12.2. The molecule has 1 amide bonds. The lowest BCUT2D eigenvalue weighted by Gasteiger charge is -2.69. The van der Waals surface area contributed by atoms with E-state index in [2.05, 4.69) is 34.8 Å². The molecule has 1 N–H and O–H groups in total. The van der Waals surface area contributed by atoms with Crippen molar-refractivity contribution in [2.24, 2.45) is 0 Å². The smallest absolute Gasteiger partial charge is 0.450 e. The van der Waals surface area contributed by atoms with Gasteiger partial charge in [-0.15, -0.1) is 13.2 Å². The zero-order valence-corrected chi connectivity index (χ0v) is 18.0. The van der Waals surface area contributed by atoms with Crippen LogP contribution >= 0.6 is 0 Å². The number of alkyl halides is 3. The van der Waals surface area contributed by atoms with Crippen LogP contribution in [0.4, 0.5) is 18.0 Å². The van der Waals surface area contributed by atoms with E-state index in [0.29, 0.717) is 19.4 Å². The van der Waals surface area contributed by atoms with E-state index in [1.54, 1.807) is 6.20 Å². The summed E-state index contributed by atoms with van der Waals surface area (Å²) in [6.07, 6.45) is 1.21. The number of aromatic nitrogens is 2. The molecule has 0 spiro atoms. The standard InChI is InChI=1S/C19H28F3N3O3Si/c1-29(2,3)5-4-27-16(26)24-17-10-18(11-17,12-17)25-9-14(8-23-25)13-6-15(7-13)28-19(20,21)22/h8-9,13,15H,4-7,10-12H2,1-3H3,(H,24,26). The Hall–Kier alpha value is -1.55. The first-order valence-corrected chi connectivity index (χ1v) is 13.8. The molecule has 10 heteroatoms. The summed E-state index contributed by atoms with van der Waals surface area (Å²) in [5.41, 5.74) is 0.699. The zero-order chi connectivity index (χ0) is 21.1. The van der Waals surface area contributed by atoms with E-state index in [9.17, 15) is 18.0 Å². The molecule has 0 radical (unpaired) electrons. The van der Waals surface area contributed by atoms with Crippen molar-refractivity contribution in [3.8, 4) is 0 Å². The van der Waals surface area contributed by atoms with E-state index in [-0.39, 0.29) is 23.1 Å². The third-order valence-electron chi connectivity index (χ3n) is 6.41. The van der Waals surface area contributed by atoms with Crippen LogP contribution in [-0.4, -0.2) is 48.6 Å². The van der Waals surface area contributed by atoms with Gasteiger partial charge in [-0.2, -0.15) is 5.10 Å². The molecule has 0 saturated heterocycles. The maximum absolute atomic E-state index is 12.2. The molecular weight excluding hydrogens is 403 g/mol. The second kappa shape index (κ2) is 6.73. The van der Waals surface area contributed by atoms with Crippen LogP contribution < -0.4 is 5.32 Å². The summed E-state index contributed by atoms with van der Waals surface area (Å²) in [4.78, 5) is 12.0. The van der Waals surface area contributed by atoms with Gasteiger partial charge in [0.2, 0.25) is 0 Å². The van der Waals surface area contributed by atoms with Gasteiger partial charge in [-0.05, 0) is 49.6 Å². The fraction of sp³-hybridized carbons (Fsp3) is 0.789. The molecule has 2 bridgehead atoms. The summed E-state index contributed by atoms with van der Waals surface area (Å²) in [6, 6.07) is 0.948. The fourth-order valence-corrected chi connectivity index (χ4v) is 5.46. The minimum atomic E-state index is -4.57. The maximum Gasteiger partial charge on any atom is 0.522 e. The first kappa shape index (κ1) is 20.7. The Bertz CT molecular complexity index is 764. The van der Waals surface area contributed by atoms with Crippen LogP contribution in [0.25, 0.3) is 0 Å². The Morgan fingerprint density at radius 3 is 2.55 bits per heavy atom. The van der Waals surface area contributed by atoms with Crippen molar-refractivity contribution in [3.05, 3.63) is 18.0 Å². The molecular formula is C19H28F3N3O3Si. The number of ether oxygens (including phenoxy) is 2. The van der Waals surface area contributed by atoms with E-state index in [1.807, 2.05) is 10.9 Å². The highest BCUT2D eigenvalue weighted by Gasteiger charge is 2.70. The fourth-order valence-electron chi connectivity index (χ4n) is 4.74. The monoisotopic (exact) mass is 431 g/mol. The van der Waals surface area contributed by atoms with Gasteiger partial charge in [0, 0.05) is 14.3 Å². The van der Waals surface area contributed by atoms with E-state index < -0.39 is 20.5 Å². The Balaban J connectivity index is 1.22. The lowest BCUT2D eigenvalue weighted by atomic mass is 9.44. The van der Waals surface area contributed by atoms with Gasteiger partial charge in [-0.25, -0.2) is 4.79 Å². The van der Waals surface area contributed by atoms with Crippen LogP contribution in [0.5, 0.6) is 0 Å². The quantitative estimate of drug-likeness (QED) is 0.652. The van der Waals surface area contributed by atoms with Crippen molar-refractivity contribution in [1.82, 2.24) is 15.1 Å². The third kappa shape index (κ3) is 4.33. The summed E-state index contributed by atoms with van der Waals surface area (Å²) >= 11 is 0. The zero-order valence-electron chi connectivity index (χ0n) is 17.0. The largest absolute Gasteiger partial charge is 0.522 e. The number of nitrogens with zero attached hydrogens (tertiary/aromatic N) is 2. The minimum absolute atomic E-state index is 0.0666. The van der Waals surface area contributed by atoms with Gasteiger partial charge >= 0.3 is 12.5 Å². The molecule has 0 atom stereocenters. The van der Waals surface area contributed by atoms with Crippen molar-refractivity contribution in [1.29, 1.82) is 0 Å². The van der Waals surface area contributed by atoms with Gasteiger partial charge in [0.05, 0.1) is 30.0 Å². The molecule has 4 aliphatic carbocycles. The van der Waals surface area contributed by atoms with Crippen LogP contribution in [0.3, 0.4) is 0 Å². The van der Waals surface area contributed by atoms with Crippen LogP contribution in [0.15, 0.2) is 12.4 Å². The molecule has 6 nitrogen and oxygen atoms in total. The number of carbonyl (C=O) groups excluding carboxylic acids is 1. The van der Waals surface area contributed by atoms with E-state index >= 15 is 0 Å². The highest BCUT2D eigenvalue weighted by Crippen LogP contribution is 2.65. The first-order valence-electron chi connectivity index (χ1n) is 10.1. The molecule has 5 rings (SSSR count). The highest BCUT2D eigenvalue weighted by molar-refractivity contribution is 6.76. The number of amides is 1. The summed E-state index contributed by atoms with van der Waals surface area (Å²) in [5, 5.41) is 7.46. The summed E-state index contributed by atoms with van der Waals surface area (Å²) in [6.45, 7) is 7.19. The van der Waals surface area contributed by atoms with Crippen molar-refractivity contribution in [2.75, 3.05) is 6.61 Å². The lowest BCUT2D eigenvalue weighted by Crippen LogP contribution is -2.78. The van der Waals surface area contributed by atoms with Gasteiger partial charge in [0.1, 0.15) is 0 Å². The topological polar surface area (TPSA) is 65.4 Å². The summed E-state index contributed by atoms with van der Waals surface area (Å²) in [7, 11) is -1.23. The van der Waals surface area contributed by atoms with Crippen molar-refractivity contribution in [2.45, 2.75) is 87.3 Å². The number of halogens is 3. The van der Waals surface area contributed by atoms with Gasteiger partial charge in [0.15, 0.2) is 0 Å². The molecule has 162 valence electrons. The highest BCUT2D eigenvalue weighted by atomic mass is 28.3. The first-order chi connectivity index (χ1) is 13.4. The van der Waals surface area contributed by atoms with Gasteiger partial charge in [0.25, 0.3) is 0 Å². The molecule has 1 aromatic heterocycles. The number of hydrogen-bond acceptors (Lipinski definition) is 4. The van der Waals surface area contributed by atoms with Crippen LogP contribution in [0.2, 0.25) is 25.7 Å². The van der Waals surface area contributed by atoms with Crippen LogP contribution in [0.1, 0.15) is 43.6 Å². The number of alkyl carbamates (subject to hydrolysis) is 1. The van der Waals surface area contributed by atoms with Crippen molar-refractivity contribution >= 4 is 14.2 Å². The number of hydrogen-bond donors (Lipinski definition) is 1. The van der Waals surface area contributed by atoms with Gasteiger partial charge in [-0.3, -0.25) is 9.42 Å². The van der Waals surface area contributed by atoms with E-state index in [0.717, 1.165) is 30.9 Å². The van der Waals surface area contributed by atoms with Crippen LogP contribution in [0, 0.1) is 0 Å². The molecule has 0 unspecified atom stereocenters. The van der Waals surface area contributed by atoms with Crippen molar-refractivity contribution in [3.63, 3.8) is 0 Å². The minimum Gasteiger partial charge on any atom is -0.450 e. The summed E-state index contributed by atoms with van der Waals surface area (Å²) < 4.78 is 48.1. The molecule has 4 saturated carbocycles. The average molecular weight is 432 g/mol. The summed E-state index contributed by atoms with van der Waals surface area (Å²) in [5.74, 6) is 0.0666. The Kier molecular flexibility index (Phi) is 4.81. The Morgan fingerprint density at radius 1 is 1.31 bits per heavy atom. The lowest BCUT2D eigenvalue weighted by molar-refractivity contribution is -0.351.